The van der Waals surface area contributed by atoms with E-state index in [1.54, 1.807) is 0 Å². The Balaban J connectivity index is 0.968. The first-order valence-corrected chi connectivity index (χ1v) is 23.4. The normalized spacial score (nSPS) is 11.9. The molecule has 0 saturated carbocycles. The summed E-state index contributed by atoms with van der Waals surface area (Å²) in [6.45, 7) is 0. The summed E-state index contributed by atoms with van der Waals surface area (Å²) >= 11 is 1.91. The number of hydrogen-bond acceptors (Lipinski definition) is 4. The van der Waals surface area contributed by atoms with Crippen LogP contribution in [0.5, 0.6) is 0 Å². The number of hydrogen-bond donors (Lipinski definition) is 0. The maximum atomic E-state index is 4.99. The summed E-state index contributed by atoms with van der Waals surface area (Å²) in [6, 6.07) is 80.2. The van der Waals surface area contributed by atoms with Gasteiger partial charge in [0.1, 0.15) is 0 Å². The van der Waals surface area contributed by atoms with Crippen molar-refractivity contribution < 1.29 is 0 Å². The summed E-state index contributed by atoms with van der Waals surface area (Å²) in [5.41, 5.74) is 12.2. The molecule has 312 valence electrons. The zero-order chi connectivity index (χ0) is 44.0. The molecular weight excluding hydrogens is 835 g/mol. The lowest BCUT2D eigenvalue weighted by atomic mass is 9.99. The van der Waals surface area contributed by atoms with Crippen molar-refractivity contribution >= 4 is 85.9 Å². The molecule has 0 fully saturated rings. The molecule has 0 amide bonds. The van der Waals surface area contributed by atoms with Crippen LogP contribution in [0.1, 0.15) is 0 Å². The van der Waals surface area contributed by atoms with E-state index in [1.807, 2.05) is 72.0 Å². The summed E-state index contributed by atoms with van der Waals surface area (Å²) in [4.78, 5) is 14.9. The predicted octanol–water partition coefficient (Wildman–Crippen LogP) is 16.3. The van der Waals surface area contributed by atoms with Gasteiger partial charge in [0.2, 0.25) is 0 Å². The Hall–Kier alpha value is -8.71. The molecule has 6 heteroatoms. The molecule has 14 aromatic rings. The van der Waals surface area contributed by atoms with Gasteiger partial charge in [-0.05, 0) is 65.0 Å². The van der Waals surface area contributed by atoms with E-state index >= 15 is 0 Å². The summed E-state index contributed by atoms with van der Waals surface area (Å²) in [6.07, 6.45) is 0. The van der Waals surface area contributed by atoms with E-state index in [4.69, 9.17) is 15.0 Å². The molecule has 0 unspecified atom stereocenters. The third kappa shape index (κ3) is 5.90. The highest BCUT2D eigenvalue weighted by atomic mass is 32.1. The molecule has 0 atom stereocenters. The van der Waals surface area contributed by atoms with Gasteiger partial charge in [-0.3, -0.25) is 0 Å². The Morgan fingerprint density at radius 3 is 1.48 bits per heavy atom. The number of thiophene rings is 1. The molecule has 0 aliphatic heterocycles. The van der Waals surface area contributed by atoms with Crippen LogP contribution in [0, 0.1) is 0 Å². The minimum atomic E-state index is 0.638. The van der Waals surface area contributed by atoms with E-state index in [9.17, 15) is 0 Å². The van der Waals surface area contributed by atoms with Crippen LogP contribution < -0.4 is 0 Å². The van der Waals surface area contributed by atoms with Gasteiger partial charge in [-0.25, -0.2) is 15.0 Å². The third-order valence-corrected chi connectivity index (χ3v) is 14.5. The zero-order valence-corrected chi connectivity index (χ0v) is 36.8. The fourth-order valence-corrected chi connectivity index (χ4v) is 11.6. The van der Waals surface area contributed by atoms with Crippen LogP contribution in [0.25, 0.3) is 131 Å². The van der Waals surface area contributed by atoms with E-state index in [0.717, 1.165) is 39.2 Å². The molecule has 0 aliphatic carbocycles. The molecule has 4 aromatic heterocycles. The number of benzene rings is 10. The van der Waals surface area contributed by atoms with Gasteiger partial charge in [0.25, 0.3) is 0 Å². The minimum Gasteiger partial charge on any atom is -0.309 e. The van der Waals surface area contributed by atoms with Gasteiger partial charge >= 0.3 is 0 Å². The molecule has 0 radical (unpaired) electrons. The molecule has 0 aliphatic rings. The van der Waals surface area contributed by atoms with Crippen molar-refractivity contribution in [2.75, 3.05) is 0 Å². The monoisotopic (exact) mass is 871 g/mol. The van der Waals surface area contributed by atoms with E-state index in [2.05, 4.69) is 173 Å². The molecule has 10 aromatic carbocycles. The van der Waals surface area contributed by atoms with Crippen LogP contribution in [0.2, 0.25) is 0 Å². The number of para-hydroxylation sites is 3. The van der Waals surface area contributed by atoms with Crippen LogP contribution in [0.3, 0.4) is 0 Å². The maximum Gasteiger partial charge on any atom is 0.164 e. The highest BCUT2D eigenvalue weighted by Crippen LogP contribution is 2.49. The number of fused-ring (bicyclic) bond motifs is 13. The molecule has 5 nitrogen and oxygen atoms in total. The Kier molecular flexibility index (Phi) is 8.38. The quantitative estimate of drug-likeness (QED) is 0.167. The molecular formula is C61H37N5S. The van der Waals surface area contributed by atoms with E-state index < -0.39 is 0 Å². The van der Waals surface area contributed by atoms with E-state index in [0.29, 0.717) is 17.5 Å². The molecule has 14 rings (SSSR count). The third-order valence-electron chi connectivity index (χ3n) is 13.3. The van der Waals surface area contributed by atoms with Gasteiger partial charge in [0, 0.05) is 75.2 Å². The first kappa shape index (κ1) is 37.6. The highest BCUT2D eigenvalue weighted by molar-refractivity contribution is 7.27. The highest BCUT2D eigenvalue weighted by Gasteiger charge is 2.24. The van der Waals surface area contributed by atoms with Crippen molar-refractivity contribution in [1.82, 2.24) is 24.1 Å². The van der Waals surface area contributed by atoms with Gasteiger partial charge in [0.05, 0.1) is 22.1 Å². The topological polar surface area (TPSA) is 48.5 Å². The lowest BCUT2D eigenvalue weighted by molar-refractivity contribution is 1.07. The lowest BCUT2D eigenvalue weighted by Gasteiger charge is -2.13. The molecule has 67 heavy (non-hydrogen) atoms. The van der Waals surface area contributed by atoms with Crippen molar-refractivity contribution in [2.24, 2.45) is 0 Å². The first-order valence-electron chi connectivity index (χ1n) is 22.6. The smallest absolute Gasteiger partial charge is 0.164 e. The number of aromatic nitrogens is 5. The Bertz CT molecular complexity index is 4190. The molecule has 0 bridgehead atoms. The van der Waals surface area contributed by atoms with Gasteiger partial charge in [0.15, 0.2) is 17.5 Å². The van der Waals surface area contributed by atoms with Crippen LogP contribution in [0.4, 0.5) is 0 Å². The summed E-state index contributed by atoms with van der Waals surface area (Å²) in [7, 11) is 0. The van der Waals surface area contributed by atoms with Crippen LogP contribution in [-0.2, 0) is 0 Å². The molecule has 4 heterocycles. The van der Waals surface area contributed by atoms with Crippen molar-refractivity contribution in [3.8, 4) is 56.7 Å². The number of rotatable bonds is 6. The summed E-state index contributed by atoms with van der Waals surface area (Å²) in [5, 5.41) is 10.2. The van der Waals surface area contributed by atoms with E-state index in [-0.39, 0.29) is 0 Å². The first-order chi connectivity index (χ1) is 33.2. The second-order valence-electron chi connectivity index (χ2n) is 17.1. The average Bonchev–Trinajstić information content (AvgIpc) is 4.06. The van der Waals surface area contributed by atoms with Crippen molar-refractivity contribution in [3.05, 3.63) is 224 Å². The molecule has 0 spiro atoms. The predicted molar refractivity (Wildman–Crippen MR) is 281 cm³/mol. The molecule has 0 N–H and O–H groups in total. The molecule has 0 saturated heterocycles. The Morgan fingerprint density at radius 1 is 0.299 bits per heavy atom. The van der Waals surface area contributed by atoms with Crippen LogP contribution >= 0.6 is 11.3 Å². The Morgan fingerprint density at radius 2 is 0.806 bits per heavy atom. The summed E-state index contributed by atoms with van der Waals surface area (Å²) < 4.78 is 7.52. The maximum absolute atomic E-state index is 4.99. The SMILES string of the molecule is c1ccc(-c2nc(-c3ccccc3)nc(-c3ccc(-c4cccc(-n5c6ccccc6c6c7ccccc7c7sc8cc9c(cc8c7c65)c5ccccc5n9-c5ccccc5)c4)cc3)n2)cc1. The number of nitrogens with zero attached hydrogens (tertiary/aromatic N) is 5. The van der Waals surface area contributed by atoms with Gasteiger partial charge in [-0.15, -0.1) is 11.3 Å². The average molecular weight is 872 g/mol. The van der Waals surface area contributed by atoms with Crippen molar-refractivity contribution in [2.45, 2.75) is 0 Å². The summed E-state index contributed by atoms with van der Waals surface area (Å²) in [5.74, 6) is 1.94. The minimum absolute atomic E-state index is 0.638. The second-order valence-corrected chi connectivity index (χ2v) is 18.2. The second kappa shape index (κ2) is 14.9. The van der Waals surface area contributed by atoms with Crippen molar-refractivity contribution in [1.29, 1.82) is 0 Å². The van der Waals surface area contributed by atoms with Gasteiger partial charge < -0.3 is 9.13 Å². The lowest BCUT2D eigenvalue weighted by Crippen LogP contribution is -2.00. The van der Waals surface area contributed by atoms with Crippen LogP contribution in [-0.4, -0.2) is 24.1 Å². The Labute approximate surface area is 389 Å². The van der Waals surface area contributed by atoms with E-state index in [1.165, 1.54) is 74.6 Å². The standard InChI is InChI=1S/C61H37N5S/c1-4-17-39(18-5-1)59-62-60(40-19-6-2-7-20-40)64-61(63-59)41-33-31-38(32-34-41)42-21-16-24-44(35-42)66-52-30-15-13-28-48(52)55-46-26-10-11-27-47(46)58-56(57(55)66)50-36-49-45-25-12-14-29-51(45)65(43-22-8-3-9-23-43)53(49)37-54(50)67-58/h1-37H. The zero-order valence-electron chi connectivity index (χ0n) is 36.0. The van der Waals surface area contributed by atoms with Gasteiger partial charge in [-0.1, -0.05) is 176 Å². The van der Waals surface area contributed by atoms with Crippen LogP contribution in [0.15, 0.2) is 224 Å². The van der Waals surface area contributed by atoms with Gasteiger partial charge in [-0.2, -0.15) is 0 Å². The van der Waals surface area contributed by atoms with Crippen molar-refractivity contribution in [3.63, 3.8) is 0 Å². The largest absolute Gasteiger partial charge is 0.309 e. The fraction of sp³-hybridized carbons (Fsp3) is 0. The fourth-order valence-electron chi connectivity index (χ4n) is 10.3.